The van der Waals surface area contributed by atoms with E-state index in [2.05, 4.69) is 20.6 Å². The van der Waals surface area contributed by atoms with Crippen LogP contribution in [0.4, 0.5) is 26.3 Å². The highest BCUT2D eigenvalue weighted by molar-refractivity contribution is 5.94. The molecule has 0 fully saturated rings. The van der Waals surface area contributed by atoms with Gasteiger partial charge in [-0.2, -0.15) is 31.6 Å². The monoisotopic (exact) mass is 497 g/mol. The average molecular weight is 497 g/mol. The number of carbonyl (C=O) groups excluding carboxylic acids is 2. The molecule has 13 heteroatoms. The number of amides is 2. The van der Waals surface area contributed by atoms with Gasteiger partial charge in [-0.25, -0.2) is 4.98 Å². The lowest BCUT2D eigenvalue weighted by molar-refractivity contribution is -0.284. The minimum Gasteiger partial charge on any atom is -0.352 e. The summed E-state index contributed by atoms with van der Waals surface area (Å²) < 4.78 is 75.7. The van der Waals surface area contributed by atoms with E-state index in [0.29, 0.717) is 28.0 Å². The molecule has 2 amide bonds. The van der Waals surface area contributed by atoms with Crippen LogP contribution in [-0.2, 0) is 17.9 Å². The Balaban J connectivity index is 1.60. The smallest absolute Gasteiger partial charge is 0.352 e. The third kappa shape index (κ3) is 6.72. The third-order valence-electron chi connectivity index (χ3n) is 4.94. The van der Waals surface area contributed by atoms with Crippen molar-refractivity contribution in [2.75, 3.05) is 0 Å². The van der Waals surface area contributed by atoms with Crippen LogP contribution < -0.4 is 10.6 Å². The number of benzene rings is 2. The molecule has 0 unspecified atom stereocenters. The van der Waals surface area contributed by atoms with E-state index >= 15 is 0 Å². The Bertz CT molecular complexity index is 1260. The standard InChI is InChI=1S/C22H17F6N5O2/c23-21(24,25)17(22(26,27)28)8-19(34)30-10-13-4-5-15-16(7-13)33-18(32-15)11-31-20(35)14-3-1-2-12(6-14)9-29/h1-7,17H,8,10-11H2,(H,30,34)(H,31,35)(H,32,33). The van der Waals surface area contributed by atoms with Gasteiger partial charge < -0.3 is 15.6 Å². The fraction of sp³-hybridized carbons (Fsp3) is 0.273. The zero-order chi connectivity index (χ0) is 25.8. The van der Waals surface area contributed by atoms with Crippen molar-refractivity contribution in [3.05, 3.63) is 65.0 Å². The molecule has 0 atom stereocenters. The van der Waals surface area contributed by atoms with Crippen LogP contribution in [0.15, 0.2) is 42.5 Å². The Hall–Kier alpha value is -4.08. The maximum atomic E-state index is 12.6. The summed E-state index contributed by atoms with van der Waals surface area (Å²) in [7, 11) is 0. The number of hydrogen-bond acceptors (Lipinski definition) is 4. The number of hydrogen-bond donors (Lipinski definition) is 3. The minimum absolute atomic E-state index is 0.0205. The van der Waals surface area contributed by atoms with Crippen LogP contribution in [0.5, 0.6) is 0 Å². The van der Waals surface area contributed by atoms with Crippen molar-refractivity contribution in [3.63, 3.8) is 0 Å². The molecule has 3 aromatic rings. The number of nitriles is 1. The first kappa shape index (κ1) is 25.5. The number of imidazole rings is 1. The lowest BCUT2D eigenvalue weighted by Crippen LogP contribution is -2.40. The van der Waals surface area contributed by atoms with Crippen molar-refractivity contribution in [2.24, 2.45) is 5.92 Å². The van der Waals surface area contributed by atoms with E-state index in [4.69, 9.17) is 5.26 Å². The molecule has 35 heavy (non-hydrogen) atoms. The van der Waals surface area contributed by atoms with Crippen LogP contribution in [0.3, 0.4) is 0 Å². The summed E-state index contributed by atoms with van der Waals surface area (Å²) in [5, 5.41) is 13.6. The van der Waals surface area contributed by atoms with Gasteiger partial charge in [0.05, 0.1) is 29.2 Å². The van der Waals surface area contributed by atoms with Gasteiger partial charge in [0.15, 0.2) is 5.92 Å². The fourth-order valence-corrected chi connectivity index (χ4v) is 3.17. The summed E-state index contributed by atoms with van der Waals surface area (Å²) in [4.78, 5) is 31.2. The van der Waals surface area contributed by atoms with E-state index < -0.39 is 36.5 Å². The molecule has 0 aliphatic heterocycles. The van der Waals surface area contributed by atoms with E-state index in [0.717, 1.165) is 0 Å². The molecule has 0 aliphatic rings. The number of halogens is 6. The molecule has 0 saturated carbocycles. The van der Waals surface area contributed by atoms with Crippen LogP contribution in [0.25, 0.3) is 11.0 Å². The molecule has 184 valence electrons. The topological polar surface area (TPSA) is 111 Å². The normalized spacial score (nSPS) is 11.9. The Morgan fingerprint density at radius 1 is 1.00 bits per heavy atom. The molecule has 2 aromatic carbocycles. The molecular weight excluding hydrogens is 480 g/mol. The second-order valence-corrected chi connectivity index (χ2v) is 7.53. The van der Waals surface area contributed by atoms with Gasteiger partial charge >= 0.3 is 12.4 Å². The number of aromatic nitrogens is 2. The molecule has 0 aliphatic carbocycles. The van der Waals surface area contributed by atoms with E-state index in [1.807, 2.05) is 6.07 Å². The molecule has 1 heterocycles. The zero-order valence-corrected chi connectivity index (χ0v) is 17.7. The Labute approximate surface area is 194 Å². The van der Waals surface area contributed by atoms with E-state index in [1.165, 1.54) is 18.2 Å². The number of rotatable bonds is 7. The lowest BCUT2D eigenvalue weighted by atomic mass is 10.0. The molecule has 0 bridgehead atoms. The average Bonchev–Trinajstić information content (AvgIpc) is 3.20. The van der Waals surface area contributed by atoms with Crippen LogP contribution >= 0.6 is 0 Å². The highest BCUT2D eigenvalue weighted by Crippen LogP contribution is 2.41. The molecule has 1 aromatic heterocycles. The predicted octanol–water partition coefficient (Wildman–Crippen LogP) is 4.11. The van der Waals surface area contributed by atoms with Crippen molar-refractivity contribution in [2.45, 2.75) is 31.9 Å². The van der Waals surface area contributed by atoms with Crippen LogP contribution in [0.2, 0.25) is 0 Å². The molecule has 7 nitrogen and oxygen atoms in total. The first-order chi connectivity index (χ1) is 16.4. The zero-order valence-electron chi connectivity index (χ0n) is 17.7. The maximum absolute atomic E-state index is 12.6. The van der Waals surface area contributed by atoms with Gasteiger partial charge in [-0.1, -0.05) is 12.1 Å². The van der Waals surface area contributed by atoms with E-state index in [-0.39, 0.29) is 18.7 Å². The Kier molecular flexibility index (Phi) is 7.33. The molecule has 3 N–H and O–H groups in total. The Morgan fingerprint density at radius 3 is 2.37 bits per heavy atom. The number of fused-ring (bicyclic) bond motifs is 1. The number of nitrogens with zero attached hydrogens (tertiary/aromatic N) is 2. The summed E-state index contributed by atoms with van der Waals surface area (Å²) in [6.07, 6.45) is -12.9. The third-order valence-corrected chi connectivity index (χ3v) is 4.94. The van der Waals surface area contributed by atoms with Crippen molar-refractivity contribution in [1.82, 2.24) is 20.6 Å². The molecule has 0 radical (unpaired) electrons. The number of carbonyl (C=O) groups is 2. The highest BCUT2D eigenvalue weighted by atomic mass is 19.4. The SMILES string of the molecule is N#Cc1cccc(C(=O)NCc2nc3ccc(CNC(=O)CC(C(F)(F)F)C(F)(F)F)cc3[nH]2)c1. The van der Waals surface area contributed by atoms with Gasteiger partial charge in [0.2, 0.25) is 5.91 Å². The van der Waals surface area contributed by atoms with Gasteiger partial charge in [-0.15, -0.1) is 0 Å². The van der Waals surface area contributed by atoms with Gasteiger partial charge in [-0.3, -0.25) is 9.59 Å². The van der Waals surface area contributed by atoms with Gasteiger partial charge in [0.1, 0.15) is 5.82 Å². The van der Waals surface area contributed by atoms with Crippen molar-refractivity contribution in [1.29, 1.82) is 5.26 Å². The lowest BCUT2D eigenvalue weighted by Gasteiger charge is -2.22. The number of alkyl halides is 6. The van der Waals surface area contributed by atoms with Crippen LogP contribution in [-0.4, -0.2) is 34.1 Å². The molecule has 0 saturated heterocycles. The first-order valence-electron chi connectivity index (χ1n) is 10.0. The highest BCUT2D eigenvalue weighted by Gasteiger charge is 2.57. The van der Waals surface area contributed by atoms with Crippen molar-refractivity contribution in [3.8, 4) is 6.07 Å². The second-order valence-electron chi connectivity index (χ2n) is 7.53. The summed E-state index contributed by atoms with van der Waals surface area (Å²) in [5.41, 5.74) is 2.00. The molecular formula is C22H17F6N5O2. The van der Waals surface area contributed by atoms with Crippen molar-refractivity contribution >= 4 is 22.8 Å². The maximum Gasteiger partial charge on any atom is 0.400 e. The fourth-order valence-electron chi connectivity index (χ4n) is 3.17. The second kappa shape index (κ2) is 10.0. The molecule has 0 spiro atoms. The summed E-state index contributed by atoms with van der Waals surface area (Å²) in [6, 6.07) is 12.6. The van der Waals surface area contributed by atoms with Crippen molar-refractivity contribution < 1.29 is 35.9 Å². The Morgan fingerprint density at radius 2 is 1.71 bits per heavy atom. The molecule has 3 rings (SSSR count). The quantitative estimate of drug-likeness (QED) is 0.427. The van der Waals surface area contributed by atoms with Crippen LogP contribution in [0, 0.1) is 17.2 Å². The number of aromatic amines is 1. The summed E-state index contributed by atoms with van der Waals surface area (Å²) in [6.45, 7) is -0.274. The number of H-pyrrole nitrogens is 1. The largest absolute Gasteiger partial charge is 0.400 e. The van der Waals surface area contributed by atoms with E-state index in [9.17, 15) is 35.9 Å². The van der Waals surface area contributed by atoms with E-state index in [1.54, 1.807) is 24.3 Å². The van der Waals surface area contributed by atoms with Gasteiger partial charge in [0.25, 0.3) is 5.91 Å². The predicted molar refractivity (Wildman–Crippen MR) is 110 cm³/mol. The first-order valence-corrected chi connectivity index (χ1v) is 10.0. The minimum atomic E-state index is -5.59. The number of nitrogens with one attached hydrogen (secondary N) is 3. The summed E-state index contributed by atoms with van der Waals surface area (Å²) >= 11 is 0. The summed E-state index contributed by atoms with van der Waals surface area (Å²) in [5.74, 6) is -5.19. The van der Waals surface area contributed by atoms with Gasteiger partial charge in [-0.05, 0) is 35.9 Å². The van der Waals surface area contributed by atoms with Gasteiger partial charge in [0, 0.05) is 18.5 Å². The van der Waals surface area contributed by atoms with Crippen LogP contribution in [0.1, 0.15) is 33.7 Å².